The number of aliphatic hydroxyl groups is 1. The number of hydrogen-bond acceptors (Lipinski definition) is 6. The summed E-state index contributed by atoms with van der Waals surface area (Å²) in [6.07, 6.45) is 3.18. The van der Waals surface area contributed by atoms with Crippen LogP contribution < -0.4 is 10.8 Å². The number of pyridine rings is 2. The van der Waals surface area contributed by atoms with Gasteiger partial charge in [0.25, 0.3) is 5.91 Å². The van der Waals surface area contributed by atoms with Crippen molar-refractivity contribution in [3.05, 3.63) is 89.2 Å². The third-order valence-corrected chi connectivity index (χ3v) is 5.19. The Kier molecular flexibility index (Phi) is 6.60. The van der Waals surface area contributed by atoms with Crippen molar-refractivity contribution in [2.24, 2.45) is 0 Å². The second-order valence-electron chi connectivity index (χ2n) is 7.35. The topological polar surface area (TPSA) is 107 Å². The minimum Gasteiger partial charge on any atom is -0.395 e. The highest BCUT2D eigenvalue weighted by atomic mass is 16.5. The number of amides is 1. The lowest BCUT2D eigenvalue weighted by Crippen LogP contribution is -2.21. The molecule has 0 bridgehead atoms. The maximum absolute atomic E-state index is 12.3. The SMILES string of the molecule is Cc1c(-c2ccc(C#Cc3ccc(NCCO)cc3)cc2)nc2ccncc2c1C(=O)NO. The highest BCUT2D eigenvalue weighted by molar-refractivity contribution is 6.08. The van der Waals surface area contributed by atoms with E-state index in [0.29, 0.717) is 34.3 Å². The van der Waals surface area contributed by atoms with Gasteiger partial charge in [0.2, 0.25) is 0 Å². The number of anilines is 1. The molecule has 1 amide bonds. The van der Waals surface area contributed by atoms with E-state index >= 15 is 0 Å². The van der Waals surface area contributed by atoms with E-state index < -0.39 is 5.91 Å². The van der Waals surface area contributed by atoms with E-state index in [9.17, 15) is 10.0 Å². The molecule has 2 aromatic carbocycles. The number of nitrogens with zero attached hydrogens (tertiary/aromatic N) is 2. The van der Waals surface area contributed by atoms with Crippen molar-refractivity contribution < 1.29 is 15.1 Å². The molecule has 0 radical (unpaired) electrons. The van der Waals surface area contributed by atoms with Gasteiger partial charge in [-0.25, -0.2) is 10.5 Å². The number of rotatable bonds is 5. The number of aromatic nitrogens is 2. The molecule has 0 saturated heterocycles. The molecule has 4 rings (SSSR count). The van der Waals surface area contributed by atoms with Gasteiger partial charge in [0.05, 0.1) is 23.4 Å². The molecule has 0 saturated carbocycles. The van der Waals surface area contributed by atoms with Crippen LogP contribution in [0.25, 0.3) is 22.2 Å². The molecule has 4 N–H and O–H groups in total. The first-order valence-corrected chi connectivity index (χ1v) is 10.4. The van der Waals surface area contributed by atoms with Gasteiger partial charge < -0.3 is 10.4 Å². The fourth-order valence-corrected chi connectivity index (χ4v) is 3.56. The van der Waals surface area contributed by atoms with E-state index in [-0.39, 0.29) is 6.61 Å². The molecule has 2 aromatic heterocycles. The summed E-state index contributed by atoms with van der Waals surface area (Å²) in [5.41, 5.74) is 7.47. The normalized spacial score (nSPS) is 10.4. The van der Waals surface area contributed by atoms with Crippen LogP contribution in [-0.2, 0) is 0 Å². The standard InChI is InChI=1S/C26H22N4O3/c1-17-24(26(32)30-33)22-16-27-13-12-23(22)29-25(17)20-8-4-18(5-9-20)2-3-19-6-10-21(11-7-19)28-14-15-31/h4-13,16,28,31,33H,14-15H2,1H3,(H,30,32). The predicted molar refractivity (Wildman–Crippen MR) is 127 cm³/mol. The van der Waals surface area contributed by atoms with Gasteiger partial charge in [0, 0.05) is 46.7 Å². The molecule has 0 aliphatic heterocycles. The fraction of sp³-hybridized carbons (Fsp3) is 0.115. The molecule has 0 aliphatic rings. The Hall–Kier alpha value is -4.25. The van der Waals surface area contributed by atoms with Crippen molar-refractivity contribution in [2.45, 2.75) is 6.92 Å². The molecule has 0 unspecified atom stereocenters. The summed E-state index contributed by atoms with van der Waals surface area (Å²) in [4.78, 5) is 21.1. The van der Waals surface area contributed by atoms with Gasteiger partial charge in [0.15, 0.2) is 0 Å². The van der Waals surface area contributed by atoms with Gasteiger partial charge in [-0.1, -0.05) is 24.0 Å². The quantitative estimate of drug-likeness (QED) is 0.216. The van der Waals surface area contributed by atoms with Gasteiger partial charge in [0.1, 0.15) is 0 Å². The molecule has 2 heterocycles. The Balaban J connectivity index is 1.62. The van der Waals surface area contributed by atoms with Gasteiger partial charge >= 0.3 is 0 Å². The van der Waals surface area contributed by atoms with Crippen LogP contribution in [0, 0.1) is 18.8 Å². The number of aliphatic hydroxyl groups excluding tert-OH is 1. The highest BCUT2D eigenvalue weighted by Crippen LogP contribution is 2.29. The Morgan fingerprint density at radius 2 is 1.67 bits per heavy atom. The lowest BCUT2D eigenvalue weighted by atomic mass is 9.97. The van der Waals surface area contributed by atoms with E-state index in [0.717, 1.165) is 22.4 Å². The Morgan fingerprint density at radius 3 is 2.30 bits per heavy atom. The molecule has 0 atom stereocenters. The summed E-state index contributed by atoms with van der Waals surface area (Å²) >= 11 is 0. The van der Waals surface area contributed by atoms with Crippen LogP contribution in [0.15, 0.2) is 67.0 Å². The summed E-state index contributed by atoms with van der Waals surface area (Å²) in [5.74, 6) is 5.69. The van der Waals surface area contributed by atoms with Crippen LogP contribution >= 0.6 is 0 Å². The summed E-state index contributed by atoms with van der Waals surface area (Å²) < 4.78 is 0. The van der Waals surface area contributed by atoms with E-state index in [1.165, 1.54) is 0 Å². The van der Waals surface area contributed by atoms with Gasteiger partial charge in [-0.05, 0) is 55.0 Å². The number of carbonyl (C=O) groups excluding carboxylic acids is 1. The van der Waals surface area contributed by atoms with Crippen LogP contribution in [0.5, 0.6) is 0 Å². The van der Waals surface area contributed by atoms with Gasteiger partial charge in [-0.2, -0.15) is 0 Å². The summed E-state index contributed by atoms with van der Waals surface area (Å²) in [5, 5.41) is 21.8. The molecule has 7 nitrogen and oxygen atoms in total. The number of fused-ring (bicyclic) bond motifs is 1. The molecule has 33 heavy (non-hydrogen) atoms. The second kappa shape index (κ2) is 9.92. The van der Waals surface area contributed by atoms with Crippen LogP contribution in [0.2, 0.25) is 0 Å². The summed E-state index contributed by atoms with van der Waals surface area (Å²) in [6.45, 7) is 2.39. The smallest absolute Gasteiger partial charge is 0.275 e. The van der Waals surface area contributed by atoms with Crippen LogP contribution in [0.4, 0.5) is 5.69 Å². The third-order valence-electron chi connectivity index (χ3n) is 5.19. The second-order valence-corrected chi connectivity index (χ2v) is 7.35. The monoisotopic (exact) mass is 438 g/mol. The van der Waals surface area contributed by atoms with Crippen molar-refractivity contribution in [1.29, 1.82) is 0 Å². The molecule has 0 fully saturated rings. The van der Waals surface area contributed by atoms with Crippen LogP contribution in [-0.4, -0.2) is 39.3 Å². The number of nitrogens with one attached hydrogen (secondary N) is 2. The predicted octanol–water partition coefficient (Wildman–Crippen LogP) is 3.53. The van der Waals surface area contributed by atoms with E-state index in [1.54, 1.807) is 30.9 Å². The Morgan fingerprint density at radius 1 is 1.00 bits per heavy atom. The summed E-state index contributed by atoms with van der Waals surface area (Å²) in [7, 11) is 0. The van der Waals surface area contributed by atoms with E-state index in [4.69, 9.17) is 10.1 Å². The largest absolute Gasteiger partial charge is 0.395 e. The lowest BCUT2D eigenvalue weighted by molar-refractivity contribution is 0.0707. The Bertz CT molecular complexity index is 1350. The molecule has 0 spiro atoms. The zero-order chi connectivity index (χ0) is 23.2. The molecule has 164 valence electrons. The summed E-state index contributed by atoms with van der Waals surface area (Å²) in [6, 6.07) is 17.1. The zero-order valence-electron chi connectivity index (χ0n) is 18.0. The number of hydrogen-bond donors (Lipinski definition) is 4. The van der Waals surface area contributed by atoms with E-state index in [2.05, 4.69) is 22.1 Å². The first kappa shape index (κ1) is 22.0. The number of hydroxylamine groups is 1. The van der Waals surface area contributed by atoms with Crippen LogP contribution in [0.3, 0.4) is 0 Å². The maximum atomic E-state index is 12.3. The minimum absolute atomic E-state index is 0.0823. The average Bonchev–Trinajstić information content (AvgIpc) is 2.86. The van der Waals surface area contributed by atoms with Crippen molar-refractivity contribution >= 4 is 22.5 Å². The highest BCUT2D eigenvalue weighted by Gasteiger charge is 2.18. The molecule has 4 aromatic rings. The average molecular weight is 438 g/mol. The van der Waals surface area contributed by atoms with Crippen molar-refractivity contribution in [1.82, 2.24) is 15.4 Å². The van der Waals surface area contributed by atoms with Gasteiger partial charge in [-0.15, -0.1) is 0 Å². The number of carbonyl (C=O) groups is 1. The first-order chi connectivity index (χ1) is 16.1. The Labute approximate surface area is 191 Å². The minimum atomic E-state index is -0.603. The van der Waals surface area contributed by atoms with Crippen molar-refractivity contribution in [3.8, 4) is 23.1 Å². The maximum Gasteiger partial charge on any atom is 0.275 e. The zero-order valence-corrected chi connectivity index (χ0v) is 18.0. The molecule has 0 aliphatic carbocycles. The van der Waals surface area contributed by atoms with Crippen molar-refractivity contribution in [2.75, 3.05) is 18.5 Å². The molecular formula is C26H22N4O3. The van der Waals surface area contributed by atoms with Gasteiger partial charge in [-0.3, -0.25) is 15.0 Å². The fourth-order valence-electron chi connectivity index (χ4n) is 3.56. The lowest BCUT2D eigenvalue weighted by Gasteiger charge is -2.13. The first-order valence-electron chi connectivity index (χ1n) is 10.4. The number of benzene rings is 2. The molecule has 7 heteroatoms. The van der Waals surface area contributed by atoms with Crippen LogP contribution in [0.1, 0.15) is 27.0 Å². The third kappa shape index (κ3) is 4.83. The van der Waals surface area contributed by atoms with Crippen molar-refractivity contribution in [3.63, 3.8) is 0 Å². The molecular weight excluding hydrogens is 416 g/mol. The van der Waals surface area contributed by atoms with E-state index in [1.807, 2.05) is 48.5 Å².